The molecule has 3 aliphatic rings. The summed E-state index contributed by atoms with van der Waals surface area (Å²) >= 11 is 0. The zero-order valence-electron chi connectivity index (χ0n) is 28.3. The van der Waals surface area contributed by atoms with Gasteiger partial charge in [0.1, 0.15) is 0 Å². The van der Waals surface area contributed by atoms with Crippen LogP contribution in [0, 0.1) is 20.8 Å². The van der Waals surface area contributed by atoms with Gasteiger partial charge in [0, 0.05) is 41.7 Å². The molecular formula is C37H41N3O6S3. The van der Waals surface area contributed by atoms with E-state index in [4.69, 9.17) is 0 Å². The highest BCUT2D eigenvalue weighted by Gasteiger charge is 2.52. The van der Waals surface area contributed by atoms with Crippen molar-refractivity contribution in [1.29, 1.82) is 0 Å². The molecule has 3 aliphatic heterocycles. The fraction of sp³-hybridized carbons (Fsp3) is 0.351. The van der Waals surface area contributed by atoms with Gasteiger partial charge in [0.05, 0.1) is 31.7 Å². The number of hydrogen-bond acceptors (Lipinski definition) is 6. The Morgan fingerprint density at radius 2 is 0.959 bits per heavy atom. The summed E-state index contributed by atoms with van der Waals surface area (Å²) in [5, 5.41) is 0. The van der Waals surface area contributed by atoms with Crippen LogP contribution in [0.15, 0.2) is 87.5 Å². The van der Waals surface area contributed by atoms with Gasteiger partial charge in [0.25, 0.3) is 30.1 Å². The first-order valence-electron chi connectivity index (χ1n) is 16.7. The van der Waals surface area contributed by atoms with Gasteiger partial charge >= 0.3 is 0 Å². The van der Waals surface area contributed by atoms with Crippen molar-refractivity contribution in [1.82, 2.24) is 0 Å². The number of benzene rings is 4. The van der Waals surface area contributed by atoms with E-state index >= 15 is 0 Å². The molecule has 3 heterocycles. The Labute approximate surface area is 290 Å². The zero-order valence-corrected chi connectivity index (χ0v) is 30.8. The summed E-state index contributed by atoms with van der Waals surface area (Å²) in [4.78, 5) is 0.392. The number of aryl methyl sites for hydroxylation is 3. The third-order valence-corrected chi connectivity index (χ3v) is 15.7. The maximum absolute atomic E-state index is 14.7. The molecule has 7 rings (SSSR count). The van der Waals surface area contributed by atoms with Gasteiger partial charge in [-0.2, -0.15) is 0 Å². The van der Waals surface area contributed by atoms with E-state index < -0.39 is 36.1 Å². The maximum Gasteiger partial charge on any atom is 0.264 e. The van der Waals surface area contributed by atoms with E-state index in [2.05, 4.69) is 0 Å². The first kappa shape index (κ1) is 33.6. The van der Waals surface area contributed by atoms with Crippen LogP contribution >= 0.6 is 0 Å². The fourth-order valence-corrected chi connectivity index (χ4v) is 12.6. The second kappa shape index (κ2) is 11.9. The van der Waals surface area contributed by atoms with Gasteiger partial charge in [0.15, 0.2) is 0 Å². The van der Waals surface area contributed by atoms with Gasteiger partial charge < -0.3 is 0 Å². The Balaban J connectivity index is 1.53. The van der Waals surface area contributed by atoms with Crippen molar-refractivity contribution in [2.24, 2.45) is 0 Å². The fourth-order valence-electron chi connectivity index (χ4n) is 7.78. The molecule has 0 fully saturated rings. The van der Waals surface area contributed by atoms with E-state index in [1.54, 1.807) is 72.8 Å². The number of hydrogen-bond donors (Lipinski definition) is 0. The van der Waals surface area contributed by atoms with Crippen molar-refractivity contribution >= 4 is 47.1 Å². The second-order valence-corrected chi connectivity index (χ2v) is 19.0. The molecule has 0 saturated carbocycles. The lowest BCUT2D eigenvalue weighted by Crippen LogP contribution is -2.37. The van der Waals surface area contributed by atoms with E-state index in [1.165, 1.54) is 12.9 Å². The smallest absolute Gasteiger partial charge is 0.264 e. The highest BCUT2D eigenvalue weighted by Crippen LogP contribution is 2.60. The lowest BCUT2D eigenvalue weighted by Gasteiger charge is -2.29. The number of sulfonamides is 3. The predicted octanol–water partition coefficient (Wildman–Crippen LogP) is 6.60. The van der Waals surface area contributed by atoms with Crippen LogP contribution in [-0.2, 0) is 42.9 Å². The summed E-state index contributed by atoms with van der Waals surface area (Å²) < 4.78 is 91.3. The first-order chi connectivity index (χ1) is 23.2. The largest absolute Gasteiger partial charge is 0.265 e. The second-order valence-electron chi connectivity index (χ2n) is 13.4. The number of fused-ring (bicyclic) bond motifs is 6. The van der Waals surface area contributed by atoms with E-state index in [9.17, 15) is 25.3 Å². The van der Waals surface area contributed by atoms with Gasteiger partial charge in [0.2, 0.25) is 0 Å². The van der Waals surface area contributed by atoms with Crippen LogP contribution in [0.3, 0.4) is 0 Å². The summed E-state index contributed by atoms with van der Waals surface area (Å²) in [6, 6.07) is 19.5. The maximum atomic E-state index is 14.7. The van der Waals surface area contributed by atoms with Gasteiger partial charge in [-0.3, -0.25) is 12.9 Å². The van der Waals surface area contributed by atoms with Crippen molar-refractivity contribution < 1.29 is 25.3 Å². The molecule has 12 heteroatoms. The third-order valence-electron chi connectivity index (χ3n) is 10.2. The molecular weight excluding hydrogens is 679 g/mol. The summed E-state index contributed by atoms with van der Waals surface area (Å²) in [5.74, 6) is -0.309. The topological polar surface area (TPSA) is 112 Å². The first-order valence-corrected chi connectivity index (χ1v) is 21.0. The molecule has 0 saturated heterocycles. The Bertz CT molecular complexity index is 2290. The van der Waals surface area contributed by atoms with Gasteiger partial charge in [-0.15, -0.1) is 0 Å². The summed E-state index contributed by atoms with van der Waals surface area (Å²) in [6.07, 6.45) is 1.97. The number of rotatable bonds is 8. The molecule has 0 aliphatic carbocycles. The van der Waals surface area contributed by atoms with Gasteiger partial charge in [-0.05, 0) is 83.4 Å². The van der Waals surface area contributed by atoms with Crippen molar-refractivity contribution in [3.8, 4) is 0 Å². The molecule has 0 N–H and O–H groups in total. The van der Waals surface area contributed by atoms with Crippen molar-refractivity contribution in [3.63, 3.8) is 0 Å². The molecule has 9 nitrogen and oxygen atoms in total. The summed E-state index contributed by atoms with van der Waals surface area (Å²) in [6.45, 7) is 9.82. The SMILES string of the molecule is CCCC1c2c3c(c4c(c2N(S(=O)(=O)c2ccc(C)cc2)C1C)CCN4S(=O)(=O)c1ccc(C)cc1)CCN3S(=O)(=O)c1ccc(C)cc1. The van der Waals surface area contributed by atoms with Crippen LogP contribution in [0.25, 0.3) is 0 Å². The van der Waals surface area contributed by atoms with E-state index in [0.29, 0.717) is 53.0 Å². The Morgan fingerprint density at radius 3 is 1.39 bits per heavy atom. The Kier molecular flexibility index (Phi) is 8.15. The molecule has 0 spiro atoms. The minimum Gasteiger partial charge on any atom is -0.265 e. The molecule has 4 aromatic carbocycles. The van der Waals surface area contributed by atoms with Crippen LogP contribution in [0.1, 0.15) is 66.0 Å². The molecule has 2 atom stereocenters. The number of nitrogens with zero attached hydrogens (tertiary/aromatic N) is 3. The van der Waals surface area contributed by atoms with Crippen molar-refractivity contribution in [2.45, 2.75) is 86.9 Å². The van der Waals surface area contributed by atoms with E-state index in [0.717, 1.165) is 23.1 Å². The standard InChI is InChI=1S/C37H41N3O6S3/c1-6-7-31-27(5)40(49(45,46)30-18-12-26(4)13-19-30)37-33-21-22-38(47(41,42)28-14-8-24(2)9-15-28)35(33)32-20-23-39(36(32)34(31)37)48(43,44)29-16-10-25(3)11-17-29/h8-19,27,31H,6-7,20-23H2,1-5H3. The molecule has 0 radical (unpaired) electrons. The monoisotopic (exact) mass is 719 g/mol. The Hall–Kier alpha value is -3.87. The normalized spacial score (nSPS) is 18.9. The lowest BCUT2D eigenvalue weighted by atomic mass is 9.87. The Morgan fingerprint density at radius 1 is 0.571 bits per heavy atom. The summed E-state index contributed by atoms with van der Waals surface area (Å²) in [5.41, 5.74) is 5.98. The highest BCUT2D eigenvalue weighted by molar-refractivity contribution is 7.93. The van der Waals surface area contributed by atoms with Gasteiger partial charge in [-0.1, -0.05) is 66.4 Å². The molecule has 0 aromatic heterocycles. The van der Waals surface area contributed by atoms with Crippen LogP contribution in [0.4, 0.5) is 17.1 Å². The van der Waals surface area contributed by atoms with E-state index in [1.807, 2.05) is 34.6 Å². The lowest BCUT2D eigenvalue weighted by molar-refractivity contribution is 0.536. The van der Waals surface area contributed by atoms with Crippen molar-refractivity contribution in [3.05, 3.63) is 106 Å². The molecule has 49 heavy (non-hydrogen) atoms. The summed E-state index contributed by atoms with van der Waals surface area (Å²) in [7, 11) is -12.3. The van der Waals surface area contributed by atoms with Crippen LogP contribution < -0.4 is 12.9 Å². The molecule has 258 valence electrons. The molecule has 2 unspecified atom stereocenters. The minimum absolute atomic E-state index is 0.115. The van der Waals surface area contributed by atoms with Crippen LogP contribution in [0.5, 0.6) is 0 Å². The zero-order chi connectivity index (χ0) is 35.0. The minimum atomic E-state index is -4.13. The quantitative estimate of drug-likeness (QED) is 0.203. The number of anilines is 3. The molecule has 4 aromatic rings. The highest BCUT2D eigenvalue weighted by atomic mass is 32.2. The predicted molar refractivity (Wildman–Crippen MR) is 193 cm³/mol. The molecule has 0 amide bonds. The molecule has 0 bridgehead atoms. The van der Waals surface area contributed by atoms with Crippen LogP contribution in [0.2, 0.25) is 0 Å². The average molecular weight is 720 g/mol. The van der Waals surface area contributed by atoms with Gasteiger partial charge in [-0.25, -0.2) is 25.3 Å². The van der Waals surface area contributed by atoms with Crippen molar-refractivity contribution in [2.75, 3.05) is 26.0 Å². The van der Waals surface area contributed by atoms with Crippen LogP contribution in [-0.4, -0.2) is 44.4 Å². The third kappa shape index (κ3) is 5.17. The average Bonchev–Trinajstić information content (AvgIpc) is 3.77. The van der Waals surface area contributed by atoms with E-state index in [-0.39, 0.29) is 33.7 Å².